The van der Waals surface area contributed by atoms with E-state index in [1.165, 1.54) is 25.1 Å². The van der Waals surface area contributed by atoms with Crippen LogP contribution in [0.25, 0.3) is 0 Å². The van der Waals surface area contributed by atoms with Crippen LogP contribution in [-0.2, 0) is 19.8 Å². The molecule has 1 aromatic carbocycles. The zero-order chi connectivity index (χ0) is 16.0. The van der Waals surface area contributed by atoms with Gasteiger partial charge in [0.1, 0.15) is 12.4 Å². The Kier molecular flexibility index (Phi) is 3.40. The summed E-state index contributed by atoms with van der Waals surface area (Å²) in [5.74, 6) is -0.612. The SMILES string of the molecule is CC(=O)Nc1ccc(F)c(C23COCC2(F)COC(C)=N3)c1. The van der Waals surface area contributed by atoms with E-state index in [9.17, 15) is 9.18 Å². The van der Waals surface area contributed by atoms with Gasteiger partial charge in [-0.3, -0.25) is 4.79 Å². The minimum Gasteiger partial charge on any atom is -0.478 e. The van der Waals surface area contributed by atoms with Crippen LogP contribution >= 0.6 is 0 Å². The number of carbonyl (C=O) groups excluding carboxylic acids is 1. The van der Waals surface area contributed by atoms with E-state index in [2.05, 4.69) is 10.3 Å². The van der Waals surface area contributed by atoms with Crippen molar-refractivity contribution >= 4 is 17.5 Å². The summed E-state index contributed by atoms with van der Waals surface area (Å²) in [6, 6.07) is 4.01. The van der Waals surface area contributed by atoms with Gasteiger partial charge in [0, 0.05) is 25.1 Å². The largest absolute Gasteiger partial charge is 0.478 e. The molecule has 0 aromatic heterocycles. The minimum atomic E-state index is -1.94. The topological polar surface area (TPSA) is 59.9 Å². The number of amides is 1. The van der Waals surface area contributed by atoms with Crippen molar-refractivity contribution in [3.63, 3.8) is 0 Å². The second-order valence-corrected chi connectivity index (χ2v) is 5.61. The molecule has 2 heterocycles. The summed E-state index contributed by atoms with van der Waals surface area (Å²) in [4.78, 5) is 15.4. The molecule has 1 aromatic rings. The molecule has 0 bridgehead atoms. The number of nitrogens with one attached hydrogen (secondary N) is 1. The van der Waals surface area contributed by atoms with Crippen molar-refractivity contribution in [3.8, 4) is 0 Å². The van der Waals surface area contributed by atoms with Crippen LogP contribution in [0.3, 0.4) is 0 Å². The number of nitrogens with zero attached hydrogens (tertiary/aromatic N) is 1. The first kappa shape index (κ1) is 14.9. The summed E-state index contributed by atoms with van der Waals surface area (Å²) in [5, 5.41) is 2.56. The summed E-state index contributed by atoms with van der Waals surface area (Å²) in [7, 11) is 0. The highest BCUT2D eigenvalue weighted by atomic mass is 19.1. The average molecular weight is 310 g/mol. The van der Waals surface area contributed by atoms with E-state index in [0.717, 1.165) is 0 Å². The van der Waals surface area contributed by atoms with E-state index in [-0.39, 0.29) is 37.2 Å². The van der Waals surface area contributed by atoms with Crippen molar-refractivity contribution in [1.82, 2.24) is 0 Å². The Morgan fingerprint density at radius 2 is 2.14 bits per heavy atom. The molecular weight excluding hydrogens is 294 g/mol. The summed E-state index contributed by atoms with van der Waals surface area (Å²) in [5.41, 5.74) is -3.00. The zero-order valence-electron chi connectivity index (χ0n) is 12.3. The maximum absolute atomic E-state index is 15.2. The molecule has 0 aliphatic carbocycles. The van der Waals surface area contributed by atoms with Crippen LogP contribution in [0.4, 0.5) is 14.5 Å². The fraction of sp³-hybridized carbons (Fsp3) is 0.467. The predicted octanol–water partition coefficient (Wildman–Crippen LogP) is 2.17. The molecule has 1 amide bonds. The lowest BCUT2D eigenvalue weighted by atomic mass is 9.78. The molecule has 5 nitrogen and oxygen atoms in total. The normalized spacial score (nSPS) is 30.3. The summed E-state index contributed by atoms with van der Waals surface area (Å²) in [6.45, 7) is 2.40. The molecule has 3 rings (SSSR count). The molecule has 22 heavy (non-hydrogen) atoms. The number of fused-ring (bicyclic) bond motifs is 1. The maximum Gasteiger partial charge on any atom is 0.221 e. The molecule has 2 unspecified atom stereocenters. The standard InChI is InChI=1S/C15H16F2N2O3/c1-9(20)18-11-3-4-13(16)12(5-11)15-8-21-6-14(15,17)7-22-10(2)19-15/h3-5H,6-8H2,1-2H3,(H,18,20). The number of anilines is 1. The molecule has 2 aliphatic heterocycles. The van der Waals surface area contributed by atoms with Gasteiger partial charge in [0.25, 0.3) is 0 Å². The number of aliphatic imine (C=N–C) groups is 1. The Labute approximate surface area is 126 Å². The second kappa shape index (κ2) is 5.01. The molecular formula is C15H16F2N2O3. The van der Waals surface area contributed by atoms with Crippen molar-refractivity contribution in [2.45, 2.75) is 25.1 Å². The third kappa shape index (κ3) is 2.16. The Morgan fingerprint density at radius 3 is 2.86 bits per heavy atom. The van der Waals surface area contributed by atoms with E-state index in [4.69, 9.17) is 9.47 Å². The van der Waals surface area contributed by atoms with Gasteiger partial charge in [-0.15, -0.1) is 0 Å². The van der Waals surface area contributed by atoms with E-state index < -0.39 is 17.0 Å². The predicted molar refractivity (Wildman–Crippen MR) is 76.1 cm³/mol. The Bertz CT molecular complexity index is 664. The average Bonchev–Trinajstić information content (AvgIpc) is 2.78. The summed E-state index contributed by atoms with van der Waals surface area (Å²) < 4.78 is 40.1. The molecule has 2 atom stereocenters. The maximum atomic E-state index is 15.2. The minimum absolute atomic E-state index is 0.0569. The quantitative estimate of drug-likeness (QED) is 0.910. The van der Waals surface area contributed by atoms with E-state index >= 15 is 4.39 Å². The lowest BCUT2D eigenvalue weighted by molar-refractivity contribution is -0.114. The summed E-state index contributed by atoms with van der Waals surface area (Å²) >= 11 is 0. The molecule has 1 fully saturated rings. The number of ether oxygens (including phenoxy) is 2. The number of alkyl halides is 1. The molecule has 2 aliphatic rings. The highest BCUT2D eigenvalue weighted by molar-refractivity contribution is 5.88. The van der Waals surface area contributed by atoms with Crippen LogP contribution in [0.2, 0.25) is 0 Å². The van der Waals surface area contributed by atoms with Crippen LogP contribution in [0.1, 0.15) is 19.4 Å². The number of hydrogen-bond donors (Lipinski definition) is 1. The third-order valence-corrected chi connectivity index (χ3v) is 3.97. The molecule has 118 valence electrons. The van der Waals surface area contributed by atoms with Gasteiger partial charge in [-0.1, -0.05) is 0 Å². The van der Waals surface area contributed by atoms with Crippen LogP contribution in [0.5, 0.6) is 0 Å². The number of hydrogen-bond acceptors (Lipinski definition) is 4. The van der Waals surface area contributed by atoms with Gasteiger partial charge in [-0.25, -0.2) is 13.8 Å². The molecule has 0 saturated carbocycles. The van der Waals surface area contributed by atoms with Gasteiger partial charge >= 0.3 is 0 Å². The zero-order valence-corrected chi connectivity index (χ0v) is 12.3. The fourth-order valence-electron chi connectivity index (χ4n) is 2.93. The lowest BCUT2D eigenvalue weighted by Gasteiger charge is -2.39. The van der Waals surface area contributed by atoms with Gasteiger partial charge < -0.3 is 14.8 Å². The van der Waals surface area contributed by atoms with Crippen LogP contribution in [0.15, 0.2) is 23.2 Å². The van der Waals surface area contributed by atoms with Crippen molar-refractivity contribution < 1.29 is 23.0 Å². The van der Waals surface area contributed by atoms with Crippen molar-refractivity contribution in [1.29, 1.82) is 0 Å². The van der Waals surface area contributed by atoms with E-state index in [1.807, 2.05) is 0 Å². The molecule has 0 radical (unpaired) electrons. The molecule has 1 N–H and O–H groups in total. The first-order chi connectivity index (χ1) is 10.4. The van der Waals surface area contributed by atoms with Crippen LogP contribution in [0, 0.1) is 5.82 Å². The van der Waals surface area contributed by atoms with Gasteiger partial charge in [-0.05, 0) is 18.2 Å². The first-order valence-electron chi connectivity index (χ1n) is 6.90. The van der Waals surface area contributed by atoms with Gasteiger partial charge in [-0.2, -0.15) is 0 Å². The Balaban J connectivity index is 2.15. The lowest BCUT2D eigenvalue weighted by Crippen LogP contribution is -2.53. The highest BCUT2D eigenvalue weighted by Crippen LogP contribution is 2.48. The molecule has 7 heteroatoms. The number of carbonyl (C=O) groups is 1. The number of rotatable bonds is 2. The van der Waals surface area contributed by atoms with E-state index in [0.29, 0.717) is 5.69 Å². The molecule has 0 spiro atoms. The van der Waals surface area contributed by atoms with Gasteiger partial charge in [0.2, 0.25) is 5.91 Å². The number of benzene rings is 1. The first-order valence-corrected chi connectivity index (χ1v) is 6.90. The van der Waals surface area contributed by atoms with Crippen molar-refractivity contribution in [2.24, 2.45) is 4.99 Å². The number of halogens is 2. The van der Waals surface area contributed by atoms with Gasteiger partial charge in [0.05, 0.1) is 13.2 Å². The van der Waals surface area contributed by atoms with Crippen LogP contribution < -0.4 is 5.32 Å². The van der Waals surface area contributed by atoms with Gasteiger partial charge in [0.15, 0.2) is 17.1 Å². The van der Waals surface area contributed by atoms with E-state index in [1.54, 1.807) is 6.92 Å². The highest BCUT2D eigenvalue weighted by Gasteiger charge is 2.62. The van der Waals surface area contributed by atoms with Crippen molar-refractivity contribution in [2.75, 3.05) is 25.1 Å². The molecule has 1 saturated heterocycles. The second-order valence-electron chi connectivity index (χ2n) is 5.61. The smallest absolute Gasteiger partial charge is 0.221 e. The monoisotopic (exact) mass is 310 g/mol. The Morgan fingerprint density at radius 1 is 1.36 bits per heavy atom. The third-order valence-electron chi connectivity index (χ3n) is 3.97. The Hall–Kier alpha value is -2.02. The van der Waals surface area contributed by atoms with Crippen molar-refractivity contribution in [3.05, 3.63) is 29.6 Å². The fourth-order valence-corrected chi connectivity index (χ4v) is 2.93. The van der Waals surface area contributed by atoms with Crippen LogP contribution in [-0.4, -0.2) is 37.3 Å². The summed E-state index contributed by atoms with van der Waals surface area (Å²) in [6.07, 6.45) is 0.